The molecule has 0 saturated heterocycles. The summed E-state index contributed by atoms with van der Waals surface area (Å²) in [5.41, 5.74) is -1.27. The summed E-state index contributed by atoms with van der Waals surface area (Å²) in [6, 6.07) is 6.81. The number of hydrogen-bond donors (Lipinski definition) is 1. The molecule has 1 rings (SSSR count). The van der Waals surface area contributed by atoms with Gasteiger partial charge >= 0.3 is 5.97 Å². The number of amides is 1. The molecule has 0 bridgehead atoms. The van der Waals surface area contributed by atoms with Crippen LogP contribution in [0.15, 0.2) is 24.3 Å². The number of ether oxygens (including phenoxy) is 2. The summed E-state index contributed by atoms with van der Waals surface area (Å²) in [6.45, 7) is 4.80. The van der Waals surface area contributed by atoms with E-state index in [0.29, 0.717) is 18.0 Å². The van der Waals surface area contributed by atoms with Crippen LogP contribution >= 0.6 is 0 Å². The van der Waals surface area contributed by atoms with E-state index >= 15 is 0 Å². The lowest BCUT2D eigenvalue weighted by atomic mass is 10.0. The third kappa shape index (κ3) is 4.11. The molecule has 6 nitrogen and oxygen atoms in total. The van der Waals surface area contributed by atoms with Crippen molar-refractivity contribution in [3.8, 4) is 11.5 Å². The van der Waals surface area contributed by atoms with Crippen molar-refractivity contribution >= 4 is 11.9 Å². The molecule has 0 saturated carbocycles. The first kappa shape index (κ1) is 16.8. The van der Waals surface area contributed by atoms with Gasteiger partial charge in [-0.1, -0.05) is 0 Å². The number of carboxylic acids is 1. The molecule has 0 heterocycles. The smallest absolute Gasteiger partial charge is 0.329 e. The third-order valence-electron chi connectivity index (χ3n) is 3.24. The number of aliphatic carboxylic acids is 1. The second-order valence-electron chi connectivity index (χ2n) is 4.97. The number of benzene rings is 1. The Labute approximate surface area is 124 Å². The topological polar surface area (TPSA) is 76.1 Å². The van der Waals surface area contributed by atoms with Crippen LogP contribution in [-0.4, -0.2) is 47.7 Å². The Morgan fingerprint density at radius 1 is 1.19 bits per heavy atom. The lowest BCUT2D eigenvalue weighted by Gasteiger charge is -2.34. The monoisotopic (exact) mass is 295 g/mol. The van der Waals surface area contributed by atoms with Gasteiger partial charge in [0.1, 0.15) is 17.0 Å². The van der Waals surface area contributed by atoms with Crippen LogP contribution in [0.2, 0.25) is 0 Å². The highest BCUT2D eigenvalue weighted by Crippen LogP contribution is 2.18. The van der Waals surface area contributed by atoms with E-state index in [2.05, 4.69) is 0 Å². The number of hydrogen-bond acceptors (Lipinski definition) is 4. The largest absolute Gasteiger partial charge is 0.497 e. The number of nitrogens with zero attached hydrogens (tertiary/aromatic N) is 1. The predicted molar refractivity (Wildman–Crippen MR) is 77.6 cm³/mol. The van der Waals surface area contributed by atoms with Gasteiger partial charge in [-0.25, -0.2) is 4.79 Å². The number of carboxylic acid groups (broad SMARTS) is 1. The Bertz CT molecular complexity index is 495. The summed E-state index contributed by atoms with van der Waals surface area (Å²) in [7, 11) is 1.56. The predicted octanol–water partition coefficient (Wildman–Crippen LogP) is 1.79. The van der Waals surface area contributed by atoms with Crippen molar-refractivity contribution in [2.45, 2.75) is 26.3 Å². The van der Waals surface area contributed by atoms with Gasteiger partial charge in [-0.3, -0.25) is 4.79 Å². The average molecular weight is 295 g/mol. The fourth-order valence-corrected chi connectivity index (χ4v) is 1.89. The van der Waals surface area contributed by atoms with Crippen LogP contribution < -0.4 is 9.47 Å². The van der Waals surface area contributed by atoms with Crippen LogP contribution in [0, 0.1) is 0 Å². The minimum Gasteiger partial charge on any atom is -0.497 e. The maximum atomic E-state index is 12.1. The van der Waals surface area contributed by atoms with Crippen LogP contribution in [0.3, 0.4) is 0 Å². The summed E-state index contributed by atoms with van der Waals surface area (Å²) in [5.74, 6) is -0.216. The van der Waals surface area contributed by atoms with Gasteiger partial charge in [0.25, 0.3) is 5.91 Å². The molecule has 0 aromatic heterocycles. The van der Waals surface area contributed by atoms with E-state index in [-0.39, 0.29) is 12.5 Å². The maximum Gasteiger partial charge on any atom is 0.329 e. The number of rotatable bonds is 7. The zero-order valence-corrected chi connectivity index (χ0v) is 12.8. The molecule has 0 unspecified atom stereocenters. The Morgan fingerprint density at radius 2 is 1.71 bits per heavy atom. The summed E-state index contributed by atoms with van der Waals surface area (Å²) in [4.78, 5) is 24.6. The SMILES string of the molecule is CCN(C(=O)COc1ccc(OC)cc1)C(C)(C)C(=O)O. The Hall–Kier alpha value is -2.24. The molecular formula is C15H21NO5. The van der Waals surface area contributed by atoms with Crippen LogP contribution in [0.5, 0.6) is 11.5 Å². The second kappa shape index (κ2) is 6.97. The average Bonchev–Trinajstić information content (AvgIpc) is 2.46. The molecule has 0 aliphatic heterocycles. The molecule has 0 spiro atoms. The van der Waals surface area contributed by atoms with E-state index in [1.54, 1.807) is 38.3 Å². The molecule has 116 valence electrons. The normalized spacial score (nSPS) is 10.9. The highest BCUT2D eigenvalue weighted by Gasteiger charge is 2.36. The van der Waals surface area contributed by atoms with E-state index < -0.39 is 11.5 Å². The molecule has 0 atom stereocenters. The van der Waals surface area contributed by atoms with Crippen molar-refractivity contribution in [1.29, 1.82) is 0 Å². The number of carbonyl (C=O) groups excluding carboxylic acids is 1. The van der Waals surface area contributed by atoms with Crippen molar-refractivity contribution in [3.63, 3.8) is 0 Å². The highest BCUT2D eigenvalue weighted by molar-refractivity contribution is 5.87. The van der Waals surface area contributed by atoms with Gasteiger partial charge in [-0.2, -0.15) is 0 Å². The number of likely N-dealkylation sites (N-methyl/N-ethyl adjacent to an activating group) is 1. The van der Waals surface area contributed by atoms with Crippen LogP contribution in [0.1, 0.15) is 20.8 Å². The van der Waals surface area contributed by atoms with Gasteiger partial charge in [0.15, 0.2) is 6.61 Å². The van der Waals surface area contributed by atoms with Gasteiger partial charge in [0.2, 0.25) is 0 Å². The fourth-order valence-electron chi connectivity index (χ4n) is 1.89. The van der Waals surface area contributed by atoms with Crippen molar-refractivity contribution in [1.82, 2.24) is 4.90 Å². The first-order valence-corrected chi connectivity index (χ1v) is 6.63. The van der Waals surface area contributed by atoms with Crippen LogP contribution in [-0.2, 0) is 9.59 Å². The summed E-state index contributed by atoms with van der Waals surface area (Å²) >= 11 is 0. The van der Waals surface area contributed by atoms with Crippen LogP contribution in [0.25, 0.3) is 0 Å². The minimum absolute atomic E-state index is 0.211. The lowest BCUT2D eigenvalue weighted by molar-refractivity contribution is -0.157. The van der Waals surface area contributed by atoms with Crippen molar-refractivity contribution in [2.24, 2.45) is 0 Å². The van der Waals surface area contributed by atoms with Gasteiger partial charge in [0, 0.05) is 6.54 Å². The maximum absolute atomic E-state index is 12.1. The molecular weight excluding hydrogens is 274 g/mol. The van der Waals surface area contributed by atoms with Crippen molar-refractivity contribution in [3.05, 3.63) is 24.3 Å². The van der Waals surface area contributed by atoms with Gasteiger partial charge in [-0.15, -0.1) is 0 Å². The zero-order valence-electron chi connectivity index (χ0n) is 12.8. The molecule has 0 aliphatic carbocycles. The Balaban J connectivity index is 2.68. The lowest BCUT2D eigenvalue weighted by Crippen LogP contribution is -2.54. The number of carbonyl (C=O) groups is 2. The molecule has 1 N–H and O–H groups in total. The fraction of sp³-hybridized carbons (Fsp3) is 0.467. The van der Waals surface area contributed by atoms with E-state index in [4.69, 9.17) is 9.47 Å². The third-order valence-corrected chi connectivity index (χ3v) is 3.24. The van der Waals surface area contributed by atoms with Crippen LogP contribution in [0.4, 0.5) is 0 Å². The quantitative estimate of drug-likeness (QED) is 0.830. The summed E-state index contributed by atoms with van der Waals surface area (Å²) < 4.78 is 10.4. The first-order valence-electron chi connectivity index (χ1n) is 6.63. The second-order valence-corrected chi connectivity index (χ2v) is 4.97. The Morgan fingerprint density at radius 3 is 2.14 bits per heavy atom. The summed E-state index contributed by atoms with van der Waals surface area (Å²) in [5, 5.41) is 9.19. The molecule has 21 heavy (non-hydrogen) atoms. The Kier molecular flexibility index (Phi) is 5.58. The standard InChI is InChI=1S/C15H21NO5/c1-5-16(15(2,3)14(18)19)13(17)10-21-12-8-6-11(20-4)7-9-12/h6-9H,5,10H2,1-4H3,(H,18,19). The summed E-state index contributed by atoms with van der Waals surface area (Å²) in [6.07, 6.45) is 0. The van der Waals surface area contributed by atoms with Crippen molar-refractivity contribution in [2.75, 3.05) is 20.3 Å². The first-order chi connectivity index (χ1) is 9.82. The van der Waals surface area contributed by atoms with Crippen molar-refractivity contribution < 1.29 is 24.2 Å². The van der Waals surface area contributed by atoms with Gasteiger partial charge < -0.3 is 19.5 Å². The number of methoxy groups -OCH3 is 1. The molecule has 0 fully saturated rings. The molecule has 0 aliphatic rings. The molecule has 0 radical (unpaired) electrons. The highest BCUT2D eigenvalue weighted by atomic mass is 16.5. The molecule has 1 aromatic rings. The van der Waals surface area contributed by atoms with E-state index in [1.807, 2.05) is 0 Å². The molecule has 6 heteroatoms. The molecule has 1 aromatic carbocycles. The van der Waals surface area contributed by atoms with E-state index in [0.717, 1.165) is 0 Å². The van der Waals surface area contributed by atoms with Gasteiger partial charge in [0.05, 0.1) is 7.11 Å². The molecule has 1 amide bonds. The minimum atomic E-state index is -1.27. The van der Waals surface area contributed by atoms with Gasteiger partial charge in [-0.05, 0) is 45.0 Å². The van der Waals surface area contributed by atoms with E-state index in [9.17, 15) is 14.7 Å². The zero-order chi connectivity index (χ0) is 16.0. The van der Waals surface area contributed by atoms with E-state index in [1.165, 1.54) is 18.7 Å².